The van der Waals surface area contributed by atoms with E-state index < -0.39 is 0 Å². The molecule has 8 nitrogen and oxygen atoms in total. The number of aromatic nitrogens is 3. The molecule has 156 valence electrons. The van der Waals surface area contributed by atoms with Crippen molar-refractivity contribution in [2.45, 2.75) is 31.8 Å². The number of anilines is 1. The van der Waals surface area contributed by atoms with Crippen LogP contribution in [0.25, 0.3) is 11.0 Å². The Hall–Kier alpha value is -3.26. The Morgan fingerprint density at radius 1 is 1.30 bits per heavy atom. The summed E-state index contributed by atoms with van der Waals surface area (Å²) in [6, 6.07) is 9.13. The zero-order chi connectivity index (χ0) is 20.9. The highest BCUT2D eigenvalue weighted by atomic mass is 16.5. The first-order valence-electron chi connectivity index (χ1n) is 10.2. The zero-order valence-corrected chi connectivity index (χ0v) is 16.9. The van der Waals surface area contributed by atoms with Gasteiger partial charge >= 0.3 is 0 Å². The van der Waals surface area contributed by atoms with Gasteiger partial charge < -0.3 is 19.9 Å². The largest absolute Gasteiger partial charge is 0.368 e. The quantitative estimate of drug-likeness (QED) is 0.586. The number of carbonyl (C=O) groups excluding carboxylic acids is 2. The fraction of sp³-hybridized carbons (Fsp3) is 0.364. The Balaban J connectivity index is 1.36. The topological polar surface area (TPSA) is 98.1 Å². The summed E-state index contributed by atoms with van der Waals surface area (Å²) in [5, 5.41) is 5.82. The molecular formula is C22H25N5O3. The highest BCUT2D eigenvalue weighted by molar-refractivity contribution is 6.04. The summed E-state index contributed by atoms with van der Waals surface area (Å²) >= 11 is 0. The van der Waals surface area contributed by atoms with Crippen LogP contribution in [-0.4, -0.2) is 45.6 Å². The summed E-state index contributed by atoms with van der Waals surface area (Å²) in [4.78, 5) is 33.0. The van der Waals surface area contributed by atoms with Crippen LogP contribution < -0.4 is 10.6 Å². The second-order valence-corrected chi connectivity index (χ2v) is 7.38. The number of benzene rings is 1. The average Bonchev–Trinajstić information content (AvgIpc) is 3.40. The monoisotopic (exact) mass is 407 g/mol. The van der Waals surface area contributed by atoms with Crippen molar-refractivity contribution in [3.05, 3.63) is 54.1 Å². The van der Waals surface area contributed by atoms with Crippen molar-refractivity contribution < 1.29 is 14.3 Å². The maximum atomic E-state index is 12.3. The van der Waals surface area contributed by atoms with Crippen LogP contribution >= 0.6 is 0 Å². The number of hydrogen-bond donors (Lipinski definition) is 2. The van der Waals surface area contributed by atoms with E-state index in [2.05, 4.69) is 15.6 Å². The minimum atomic E-state index is -0.291. The van der Waals surface area contributed by atoms with Crippen molar-refractivity contribution in [1.29, 1.82) is 0 Å². The number of aryl methyl sites for hydroxylation is 2. The lowest BCUT2D eigenvalue weighted by atomic mass is 10.2. The van der Waals surface area contributed by atoms with Gasteiger partial charge in [0.2, 0.25) is 5.91 Å². The van der Waals surface area contributed by atoms with Gasteiger partial charge in [0.1, 0.15) is 11.9 Å². The van der Waals surface area contributed by atoms with E-state index in [1.165, 1.54) is 6.20 Å². The van der Waals surface area contributed by atoms with Gasteiger partial charge in [-0.15, -0.1) is 0 Å². The predicted molar refractivity (Wildman–Crippen MR) is 113 cm³/mol. The molecule has 1 aliphatic heterocycles. The third-order valence-corrected chi connectivity index (χ3v) is 5.25. The van der Waals surface area contributed by atoms with Crippen molar-refractivity contribution >= 4 is 28.5 Å². The summed E-state index contributed by atoms with van der Waals surface area (Å²) in [6.45, 7) is 1.26. The first-order valence-corrected chi connectivity index (χ1v) is 10.2. The average molecular weight is 407 g/mol. The first kappa shape index (κ1) is 20.0. The molecule has 1 unspecified atom stereocenters. The molecule has 1 aromatic carbocycles. The summed E-state index contributed by atoms with van der Waals surface area (Å²) in [5.41, 5.74) is 3.00. The number of pyridine rings is 1. The number of carbonyl (C=O) groups is 2. The number of nitrogens with one attached hydrogen (secondary N) is 2. The lowest BCUT2D eigenvalue weighted by Crippen LogP contribution is -2.34. The minimum Gasteiger partial charge on any atom is -0.368 e. The van der Waals surface area contributed by atoms with Crippen LogP contribution in [0.15, 0.2) is 42.7 Å². The molecule has 30 heavy (non-hydrogen) atoms. The van der Waals surface area contributed by atoms with Gasteiger partial charge in [0.05, 0.1) is 16.6 Å². The molecule has 0 bridgehead atoms. The second-order valence-electron chi connectivity index (χ2n) is 7.38. The Kier molecular flexibility index (Phi) is 6.04. The molecule has 0 spiro atoms. The predicted octanol–water partition coefficient (Wildman–Crippen LogP) is 2.45. The van der Waals surface area contributed by atoms with Crippen LogP contribution in [0.5, 0.6) is 0 Å². The fourth-order valence-corrected chi connectivity index (χ4v) is 3.61. The number of amides is 2. The van der Waals surface area contributed by atoms with Crippen molar-refractivity contribution in [3.8, 4) is 0 Å². The molecule has 2 N–H and O–H groups in total. The first-order chi connectivity index (χ1) is 14.6. The van der Waals surface area contributed by atoms with E-state index in [1.807, 2.05) is 29.8 Å². The lowest BCUT2D eigenvalue weighted by molar-refractivity contribution is -0.130. The molecule has 8 heteroatoms. The molecule has 1 aliphatic rings. The van der Waals surface area contributed by atoms with Crippen LogP contribution in [-0.2, 0) is 23.0 Å². The highest BCUT2D eigenvalue weighted by Gasteiger charge is 2.22. The molecule has 4 rings (SSSR count). The van der Waals surface area contributed by atoms with Gasteiger partial charge in [0, 0.05) is 44.7 Å². The smallest absolute Gasteiger partial charge is 0.257 e. The van der Waals surface area contributed by atoms with Crippen molar-refractivity contribution in [2.75, 3.05) is 18.5 Å². The van der Waals surface area contributed by atoms with Crippen LogP contribution in [0, 0.1) is 0 Å². The standard InChI is InChI=1S/C22H25N5O3/c1-27-18-9-8-16(25-21(28)15-5-2-10-23-14-15)13-17(18)26-20(27)7-3-11-24-22(29)19-6-4-12-30-19/h2,5,8-10,13-14,19H,3-4,6-7,11-12H2,1H3,(H,24,29)(H,25,28). The maximum absolute atomic E-state index is 12.3. The summed E-state index contributed by atoms with van der Waals surface area (Å²) < 4.78 is 7.44. The van der Waals surface area contributed by atoms with Gasteiger partial charge in [-0.2, -0.15) is 0 Å². The highest BCUT2D eigenvalue weighted by Crippen LogP contribution is 2.21. The van der Waals surface area contributed by atoms with E-state index in [-0.39, 0.29) is 17.9 Å². The molecule has 0 radical (unpaired) electrons. The molecule has 1 saturated heterocycles. The lowest BCUT2D eigenvalue weighted by Gasteiger charge is -2.10. The SMILES string of the molecule is Cn1c(CCCNC(=O)C2CCCO2)nc2cc(NC(=O)c3cccnc3)ccc21. The van der Waals surface area contributed by atoms with Gasteiger partial charge in [0.15, 0.2) is 0 Å². The Bertz CT molecular complexity index is 1040. The Labute approximate surface area is 174 Å². The number of nitrogens with zero attached hydrogens (tertiary/aromatic N) is 3. The normalized spacial score (nSPS) is 16.0. The summed E-state index contributed by atoms with van der Waals surface area (Å²) in [6.07, 6.45) is 6.16. The van der Waals surface area contributed by atoms with Crippen LogP contribution in [0.3, 0.4) is 0 Å². The summed E-state index contributed by atoms with van der Waals surface area (Å²) in [7, 11) is 1.98. The van der Waals surface area contributed by atoms with Gasteiger partial charge in [-0.3, -0.25) is 14.6 Å². The van der Waals surface area contributed by atoms with Crippen LogP contribution in [0.1, 0.15) is 35.4 Å². The second kappa shape index (κ2) is 9.04. The third-order valence-electron chi connectivity index (χ3n) is 5.25. The van der Waals surface area contributed by atoms with Crippen molar-refractivity contribution in [1.82, 2.24) is 19.9 Å². The van der Waals surface area contributed by atoms with Crippen molar-refractivity contribution in [2.24, 2.45) is 7.05 Å². The Morgan fingerprint density at radius 3 is 2.97 bits per heavy atom. The molecule has 0 saturated carbocycles. The van der Waals surface area contributed by atoms with Crippen molar-refractivity contribution in [3.63, 3.8) is 0 Å². The van der Waals surface area contributed by atoms with E-state index in [4.69, 9.17) is 9.72 Å². The molecule has 0 aliphatic carbocycles. The number of rotatable bonds is 7. The van der Waals surface area contributed by atoms with E-state index in [0.29, 0.717) is 24.4 Å². The molecular weight excluding hydrogens is 382 g/mol. The van der Waals surface area contributed by atoms with Crippen LogP contribution in [0.4, 0.5) is 5.69 Å². The molecule has 3 aromatic rings. The number of imidazole rings is 1. The zero-order valence-electron chi connectivity index (χ0n) is 16.9. The molecule has 2 aromatic heterocycles. The summed E-state index contributed by atoms with van der Waals surface area (Å²) in [5.74, 6) is 0.708. The fourth-order valence-electron chi connectivity index (χ4n) is 3.61. The van der Waals surface area contributed by atoms with Gasteiger partial charge in [-0.05, 0) is 49.6 Å². The number of ether oxygens (including phenoxy) is 1. The molecule has 1 atom stereocenters. The molecule has 1 fully saturated rings. The molecule has 2 amide bonds. The minimum absolute atomic E-state index is 0.0218. The van der Waals surface area contributed by atoms with E-state index in [0.717, 1.165) is 42.5 Å². The van der Waals surface area contributed by atoms with Crippen LogP contribution in [0.2, 0.25) is 0 Å². The van der Waals surface area contributed by atoms with E-state index >= 15 is 0 Å². The third kappa shape index (κ3) is 4.49. The van der Waals surface area contributed by atoms with E-state index in [9.17, 15) is 9.59 Å². The maximum Gasteiger partial charge on any atom is 0.257 e. The van der Waals surface area contributed by atoms with E-state index in [1.54, 1.807) is 18.3 Å². The Morgan fingerprint density at radius 2 is 2.20 bits per heavy atom. The number of hydrogen-bond acceptors (Lipinski definition) is 5. The van der Waals surface area contributed by atoms with Gasteiger partial charge in [0.25, 0.3) is 5.91 Å². The number of fused-ring (bicyclic) bond motifs is 1. The van der Waals surface area contributed by atoms with Gasteiger partial charge in [-0.1, -0.05) is 0 Å². The molecule has 3 heterocycles. The van der Waals surface area contributed by atoms with Gasteiger partial charge in [-0.25, -0.2) is 4.98 Å².